The summed E-state index contributed by atoms with van der Waals surface area (Å²) in [6.45, 7) is 6.23. The minimum atomic E-state index is -0.753. The molecule has 0 aliphatic carbocycles. The SMILES string of the molecule is Cc1ccc(C)c(OCCCCC(=O)N2CCCC(CCC(=O)O)C2)c1. The highest BCUT2D eigenvalue weighted by Crippen LogP contribution is 2.22. The summed E-state index contributed by atoms with van der Waals surface area (Å²) in [6, 6.07) is 6.18. The first-order valence-corrected chi connectivity index (χ1v) is 9.65. The van der Waals surface area contributed by atoms with Gasteiger partial charge < -0.3 is 14.7 Å². The van der Waals surface area contributed by atoms with Crippen molar-refractivity contribution in [3.63, 3.8) is 0 Å². The molecule has 0 radical (unpaired) electrons. The predicted molar refractivity (Wildman–Crippen MR) is 101 cm³/mol. The van der Waals surface area contributed by atoms with Crippen LogP contribution in [0.15, 0.2) is 18.2 Å². The number of piperidine rings is 1. The second-order valence-electron chi connectivity index (χ2n) is 7.35. The zero-order chi connectivity index (χ0) is 18.9. The van der Waals surface area contributed by atoms with Crippen LogP contribution in [0.25, 0.3) is 0 Å². The van der Waals surface area contributed by atoms with Crippen LogP contribution in [-0.2, 0) is 9.59 Å². The molecular formula is C21H31NO4. The Morgan fingerprint density at radius 3 is 2.81 bits per heavy atom. The van der Waals surface area contributed by atoms with Gasteiger partial charge in [0.2, 0.25) is 5.91 Å². The van der Waals surface area contributed by atoms with E-state index in [1.807, 2.05) is 24.8 Å². The van der Waals surface area contributed by atoms with Gasteiger partial charge >= 0.3 is 5.97 Å². The summed E-state index contributed by atoms with van der Waals surface area (Å²) in [6.07, 6.45) is 5.09. The van der Waals surface area contributed by atoms with E-state index in [-0.39, 0.29) is 12.3 Å². The van der Waals surface area contributed by atoms with E-state index in [0.717, 1.165) is 43.5 Å². The van der Waals surface area contributed by atoms with Crippen molar-refractivity contribution >= 4 is 11.9 Å². The van der Waals surface area contributed by atoms with Gasteiger partial charge in [0.05, 0.1) is 6.61 Å². The summed E-state index contributed by atoms with van der Waals surface area (Å²) >= 11 is 0. The molecule has 1 aliphatic heterocycles. The molecule has 1 heterocycles. The zero-order valence-corrected chi connectivity index (χ0v) is 16.0. The van der Waals surface area contributed by atoms with Crippen LogP contribution in [0.2, 0.25) is 0 Å². The normalized spacial score (nSPS) is 17.2. The van der Waals surface area contributed by atoms with Gasteiger partial charge in [0.25, 0.3) is 0 Å². The van der Waals surface area contributed by atoms with Gasteiger partial charge in [-0.15, -0.1) is 0 Å². The molecule has 1 fully saturated rings. The van der Waals surface area contributed by atoms with Crippen molar-refractivity contribution in [2.75, 3.05) is 19.7 Å². The van der Waals surface area contributed by atoms with E-state index in [1.54, 1.807) is 0 Å². The highest BCUT2D eigenvalue weighted by atomic mass is 16.5. The van der Waals surface area contributed by atoms with Crippen molar-refractivity contribution in [2.45, 2.75) is 58.8 Å². The standard InChI is InChI=1S/C21H31NO4/c1-16-8-9-17(2)19(14-16)26-13-4-3-7-20(23)22-12-5-6-18(15-22)10-11-21(24)25/h8-9,14,18H,3-7,10-13,15H2,1-2H3,(H,24,25). The van der Waals surface area contributed by atoms with Gasteiger partial charge in [-0.25, -0.2) is 0 Å². The second-order valence-corrected chi connectivity index (χ2v) is 7.35. The number of aryl methyl sites for hydroxylation is 2. The molecule has 0 bridgehead atoms. The molecule has 0 spiro atoms. The molecular weight excluding hydrogens is 330 g/mol. The molecule has 2 rings (SSSR count). The van der Waals surface area contributed by atoms with Crippen molar-refractivity contribution in [2.24, 2.45) is 5.92 Å². The number of ether oxygens (including phenoxy) is 1. The Kier molecular flexibility index (Phi) is 7.95. The number of carboxylic acids is 1. The minimum absolute atomic E-state index is 0.191. The van der Waals surface area contributed by atoms with Crippen LogP contribution >= 0.6 is 0 Å². The third-order valence-electron chi connectivity index (χ3n) is 5.02. The average molecular weight is 361 g/mol. The number of unbranched alkanes of at least 4 members (excludes halogenated alkanes) is 1. The van der Waals surface area contributed by atoms with Gasteiger partial charge in [-0.2, -0.15) is 0 Å². The lowest BCUT2D eigenvalue weighted by atomic mass is 9.93. The number of likely N-dealkylation sites (tertiary alicyclic amines) is 1. The number of rotatable bonds is 9. The Hall–Kier alpha value is -2.04. The Balaban J connectivity index is 1.65. The summed E-state index contributed by atoms with van der Waals surface area (Å²) in [4.78, 5) is 25.0. The lowest BCUT2D eigenvalue weighted by Gasteiger charge is -2.32. The maximum absolute atomic E-state index is 12.4. The monoisotopic (exact) mass is 361 g/mol. The number of amides is 1. The van der Waals surface area contributed by atoms with Crippen molar-refractivity contribution in [1.82, 2.24) is 4.90 Å². The molecule has 1 N–H and O–H groups in total. The van der Waals surface area contributed by atoms with Gasteiger partial charge in [-0.05, 0) is 69.1 Å². The number of carboxylic acid groups (broad SMARTS) is 1. The fourth-order valence-electron chi connectivity index (χ4n) is 3.44. The van der Waals surface area contributed by atoms with Crippen LogP contribution in [0.4, 0.5) is 0 Å². The van der Waals surface area contributed by atoms with E-state index < -0.39 is 5.97 Å². The lowest BCUT2D eigenvalue weighted by molar-refractivity contribution is -0.137. The second kappa shape index (κ2) is 10.2. The number of hydrogen-bond acceptors (Lipinski definition) is 3. The molecule has 5 heteroatoms. The maximum atomic E-state index is 12.4. The van der Waals surface area contributed by atoms with E-state index in [9.17, 15) is 9.59 Å². The van der Waals surface area contributed by atoms with E-state index in [2.05, 4.69) is 12.1 Å². The van der Waals surface area contributed by atoms with Crippen molar-refractivity contribution in [3.8, 4) is 5.75 Å². The summed E-state index contributed by atoms with van der Waals surface area (Å²) in [5.74, 6) is 0.694. The number of nitrogens with zero attached hydrogens (tertiary/aromatic N) is 1. The number of carbonyl (C=O) groups is 2. The highest BCUT2D eigenvalue weighted by molar-refractivity contribution is 5.76. The zero-order valence-electron chi connectivity index (χ0n) is 16.0. The number of aliphatic carboxylic acids is 1. The summed E-state index contributed by atoms with van der Waals surface area (Å²) in [7, 11) is 0. The fourth-order valence-corrected chi connectivity index (χ4v) is 3.44. The largest absolute Gasteiger partial charge is 0.493 e. The molecule has 0 aromatic heterocycles. The first-order chi connectivity index (χ1) is 12.5. The number of hydrogen-bond donors (Lipinski definition) is 1. The molecule has 26 heavy (non-hydrogen) atoms. The average Bonchev–Trinajstić information content (AvgIpc) is 2.62. The Morgan fingerprint density at radius 2 is 2.04 bits per heavy atom. The molecule has 5 nitrogen and oxygen atoms in total. The molecule has 1 amide bonds. The predicted octanol–water partition coefficient (Wildman–Crippen LogP) is 3.96. The van der Waals surface area contributed by atoms with Crippen molar-refractivity contribution < 1.29 is 19.4 Å². The molecule has 1 aliphatic rings. The first-order valence-electron chi connectivity index (χ1n) is 9.65. The molecule has 1 aromatic carbocycles. The first kappa shape index (κ1) is 20.3. The number of carbonyl (C=O) groups excluding carboxylic acids is 1. The van der Waals surface area contributed by atoms with E-state index in [0.29, 0.717) is 31.9 Å². The van der Waals surface area contributed by atoms with Gasteiger partial charge in [0.1, 0.15) is 5.75 Å². The molecule has 1 atom stereocenters. The number of benzene rings is 1. The van der Waals surface area contributed by atoms with E-state index >= 15 is 0 Å². The fraction of sp³-hybridized carbons (Fsp3) is 0.619. The van der Waals surface area contributed by atoms with Gasteiger partial charge in [-0.3, -0.25) is 9.59 Å². The van der Waals surface area contributed by atoms with Crippen LogP contribution in [-0.4, -0.2) is 41.6 Å². The summed E-state index contributed by atoms with van der Waals surface area (Å²) in [5, 5.41) is 8.81. The van der Waals surface area contributed by atoms with Gasteiger partial charge in [-0.1, -0.05) is 12.1 Å². The quantitative estimate of drug-likeness (QED) is 0.676. The third-order valence-corrected chi connectivity index (χ3v) is 5.02. The maximum Gasteiger partial charge on any atom is 0.303 e. The van der Waals surface area contributed by atoms with Crippen molar-refractivity contribution in [3.05, 3.63) is 29.3 Å². The molecule has 1 saturated heterocycles. The molecule has 144 valence electrons. The van der Waals surface area contributed by atoms with Gasteiger partial charge in [0, 0.05) is 25.9 Å². The van der Waals surface area contributed by atoms with Gasteiger partial charge in [0.15, 0.2) is 0 Å². The molecule has 1 unspecified atom stereocenters. The smallest absolute Gasteiger partial charge is 0.303 e. The summed E-state index contributed by atoms with van der Waals surface area (Å²) < 4.78 is 5.84. The highest BCUT2D eigenvalue weighted by Gasteiger charge is 2.23. The lowest BCUT2D eigenvalue weighted by Crippen LogP contribution is -2.40. The van der Waals surface area contributed by atoms with Crippen molar-refractivity contribution in [1.29, 1.82) is 0 Å². The van der Waals surface area contributed by atoms with E-state index in [4.69, 9.17) is 9.84 Å². The van der Waals surface area contributed by atoms with Crippen LogP contribution < -0.4 is 4.74 Å². The topological polar surface area (TPSA) is 66.8 Å². The Bertz CT molecular complexity index is 614. The van der Waals surface area contributed by atoms with Crippen LogP contribution in [0, 0.1) is 19.8 Å². The van der Waals surface area contributed by atoms with Crippen LogP contribution in [0.5, 0.6) is 5.75 Å². The molecule has 1 aromatic rings. The Labute approximate surface area is 156 Å². The minimum Gasteiger partial charge on any atom is -0.493 e. The Morgan fingerprint density at radius 1 is 1.23 bits per heavy atom. The van der Waals surface area contributed by atoms with E-state index in [1.165, 1.54) is 5.56 Å². The van der Waals surface area contributed by atoms with Crippen LogP contribution in [0.1, 0.15) is 56.1 Å². The summed E-state index contributed by atoms with van der Waals surface area (Å²) in [5.41, 5.74) is 2.32. The molecule has 0 saturated carbocycles. The third kappa shape index (κ3) is 6.70. The van der Waals surface area contributed by atoms with Crippen LogP contribution in [0.3, 0.4) is 0 Å².